The minimum Gasteiger partial charge on any atom is -0.496 e. The lowest BCUT2D eigenvalue weighted by Gasteiger charge is -2.25. The molecular weight excluding hydrogens is 372 g/mol. The number of benzene rings is 1. The van der Waals surface area contributed by atoms with Gasteiger partial charge in [0.05, 0.1) is 12.8 Å². The van der Waals surface area contributed by atoms with Gasteiger partial charge in [-0.1, -0.05) is 13.0 Å². The Morgan fingerprint density at radius 2 is 1.80 bits per heavy atom. The minimum absolute atomic E-state index is 0.847. The Kier molecular flexibility index (Phi) is 4.92. The standard InChI is InChI=1S/C25H32N4O/c1-5-20-25(28(14-18-6-7-18)15-19-8-9-19)29-11-10-26-23(24(29)27-20)22-17(3)12-16(2)13-21(22)30-4/h10-13,18-19H,5-9,14-15H2,1-4H3. The fourth-order valence-electron chi connectivity index (χ4n) is 4.62. The van der Waals surface area contributed by atoms with E-state index >= 15 is 0 Å². The number of ether oxygens (including phenoxy) is 1. The molecule has 0 radical (unpaired) electrons. The Hall–Kier alpha value is -2.56. The van der Waals surface area contributed by atoms with Gasteiger partial charge in [-0.2, -0.15) is 0 Å². The minimum atomic E-state index is 0.847. The van der Waals surface area contributed by atoms with Crippen LogP contribution in [-0.2, 0) is 6.42 Å². The Labute approximate surface area is 179 Å². The molecule has 0 amide bonds. The van der Waals surface area contributed by atoms with Gasteiger partial charge in [-0.25, -0.2) is 4.98 Å². The first-order valence-corrected chi connectivity index (χ1v) is 11.4. The van der Waals surface area contributed by atoms with Crippen LogP contribution in [0.15, 0.2) is 24.5 Å². The van der Waals surface area contributed by atoms with Crippen molar-refractivity contribution < 1.29 is 4.74 Å². The Bertz CT molecular complexity index is 1060. The number of fused-ring (bicyclic) bond motifs is 1. The maximum Gasteiger partial charge on any atom is 0.165 e. The predicted octanol–water partition coefficient (Wildman–Crippen LogP) is 5.21. The molecule has 0 spiro atoms. The second-order valence-corrected chi connectivity index (χ2v) is 9.16. The summed E-state index contributed by atoms with van der Waals surface area (Å²) in [4.78, 5) is 12.5. The first-order chi connectivity index (χ1) is 14.6. The van der Waals surface area contributed by atoms with Crippen molar-refractivity contribution >= 4 is 11.5 Å². The van der Waals surface area contributed by atoms with Crippen molar-refractivity contribution in [2.45, 2.75) is 52.9 Å². The highest BCUT2D eigenvalue weighted by Crippen LogP contribution is 2.39. The van der Waals surface area contributed by atoms with Crippen molar-refractivity contribution in [1.82, 2.24) is 14.4 Å². The van der Waals surface area contributed by atoms with E-state index in [1.807, 2.05) is 6.20 Å². The number of imidazole rings is 1. The molecule has 0 atom stereocenters. The van der Waals surface area contributed by atoms with Crippen LogP contribution in [0.3, 0.4) is 0 Å². The van der Waals surface area contributed by atoms with Crippen LogP contribution in [-0.4, -0.2) is 34.6 Å². The molecule has 2 heterocycles. The van der Waals surface area contributed by atoms with Crippen molar-refractivity contribution in [1.29, 1.82) is 0 Å². The lowest BCUT2D eigenvalue weighted by atomic mass is 10.0. The summed E-state index contributed by atoms with van der Waals surface area (Å²) in [6, 6.07) is 4.28. The largest absolute Gasteiger partial charge is 0.496 e. The molecule has 2 aliphatic rings. The van der Waals surface area contributed by atoms with Crippen molar-refractivity contribution in [2.24, 2.45) is 11.8 Å². The first kappa shape index (κ1) is 19.4. The zero-order valence-electron chi connectivity index (χ0n) is 18.6. The van der Waals surface area contributed by atoms with Crippen LogP contribution in [0, 0.1) is 25.7 Å². The molecule has 0 N–H and O–H groups in total. The van der Waals surface area contributed by atoms with E-state index in [0.29, 0.717) is 0 Å². The molecule has 5 heteroatoms. The van der Waals surface area contributed by atoms with Gasteiger partial charge in [-0.3, -0.25) is 9.38 Å². The third kappa shape index (κ3) is 3.55. The van der Waals surface area contributed by atoms with Crippen LogP contribution >= 0.6 is 0 Å². The summed E-state index contributed by atoms with van der Waals surface area (Å²) < 4.78 is 8.04. The number of aryl methyl sites for hydroxylation is 3. The summed E-state index contributed by atoms with van der Waals surface area (Å²) in [5.41, 5.74) is 6.43. The van der Waals surface area contributed by atoms with E-state index in [2.05, 4.69) is 48.4 Å². The second kappa shape index (κ2) is 7.60. The van der Waals surface area contributed by atoms with E-state index in [1.165, 1.54) is 48.3 Å². The average Bonchev–Trinajstić information content (AvgIpc) is 3.66. The van der Waals surface area contributed by atoms with Crippen molar-refractivity contribution in [3.05, 3.63) is 41.3 Å². The Morgan fingerprint density at radius 1 is 1.10 bits per heavy atom. The number of hydrogen-bond acceptors (Lipinski definition) is 4. The quantitative estimate of drug-likeness (QED) is 0.517. The smallest absolute Gasteiger partial charge is 0.165 e. The molecule has 158 valence electrons. The SMILES string of the molecule is CCc1nc2c(-c3c(C)cc(C)cc3OC)nccn2c1N(CC1CC1)CC1CC1. The third-order valence-corrected chi connectivity index (χ3v) is 6.47. The Balaban J connectivity index is 1.68. The van der Waals surface area contributed by atoms with Gasteiger partial charge in [0.25, 0.3) is 0 Å². The van der Waals surface area contributed by atoms with Gasteiger partial charge in [0.1, 0.15) is 17.3 Å². The van der Waals surface area contributed by atoms with Crippen LogP contribution in [0.4, 0.5) is 5.82 Å². The van der Waals surface area contributed by atoms with E-state index in [4.69, 9.17) is 14.7 Å². The average molecular weight is 405 g/mol. The van der Waals surface area contributed by atoms with Gasteiger partial charge in [0.15, 0.2) is 5.65 Å². The van der Waals surface area contributed by atoms with Gasteiger partial charge in [0.2, 0.25) is 0 Å². The van der Waals surface area contributed by atoms with Crippen molar-refractivity contribution in [3.8, 4) is 17.0 Å². The number of methoxy groups -OCH3 is 1. The van der Waals surface area contributed by atoms with Gasteiger partial charge in [0, 0.05) is 31.0 Å². The molecule has 0 aliphatic heterocycles. The summed E-state index contributed by atoms with van der Waals surface area (Å²) in [5, 5.41) is 0. The van der Waals surface area contributed by atoms with Crippen LogP contribution in [0.1, 0.15) is 49.4 Å². The highest BCUT2D eigenvalue weighted by atomic mass is 16.5. The molecule has 2 aromatic heterocycles. The van der Waals surface area contributed by atoms with Gasteiger partial charge in [-0.05, 0) is 75.0 Å². The van der Waals surface area contributed by atoms with E-state index in [9.17, 15) is 0 Å². The molecule has 5 nitrogen and oxygen atoms in total. The van der Waals surface area contributed by atoms with Crippen LogP contribution in [0.25, 0.3) is 16.9 Å². The van der Waals surface area contributed by atoms with Crippen LogP contribution < -0.4 is 9.64 Å². The van der Waals surface area contributed by atoms with E-state index in [1.54, 1.807) is 7.11 Å². The first-order valence-electron chi connectivity index (χ1n) is 11.4. The molecule has 0 saturated heterocycles. The zero-order chi connectivity index (χ0) is 20.8. The summed E-state index contributed by atoms with van der Waals surface area (Å²) in [6.07, 6.45) is 10.4. The lowest BCUT2D eigenvalue weighted by molar-refractivity contribution is 0.415. The molecule has 0 bridgehead atoms. The zero-order valence-corrected chi connectivity index (χ0v) is 18.6. The molecule has 0 unspecified atom stereocenters. The number of nitrogens with zero attached hydrogens (tertiary/aromatic N) is 4. The summed E-state index contributed by atoms with van der Waals surface area (Å²) in [5.74, 6) is 3.83. The normalized spacial score (nSPS) is 16.3. The summed E-state index contributed by atoms with van der Waals surface area (Å²) >= 11 is 0. The number of rotatable bonds is 8. The maximum absolute atomic E-state index is 5.76. The number of hydrogen-bond donors (Lipinski definition) is 0. The van der Waals surface area contributed by atoms with Gasteiger partial charge >= 0.3 is 0 Å². The van der Waals surface area contributed by atoms with Gasteiger partial charge in [-0.15, -0.1) is 0 Å². The van der Waals surface area contributed by atoms with Crippen molar-refractivity contribution in [3.63, 3.8) is 0 Å². The topological polar surface area (TPSA) is 42.7 Å². The fourth-order valence-corrected chi connectivity index (χ4v) is 4.62. The molecule has 5 rings (SSSR count). The van der Waals surface area contributed by atoms with E-state index in [-0.39, 0.29) is 0 Å². The maximum atomic E-state index is 5.76. The van der Waals surface area contributed by atoms with Crippen molar-refractivity contribution in [2.75, 3.05) is 25.1 Å². The summed E-state index contributed by atoms with van der Waals surface area (Å²) in [6.45, 7) is 8.75. The van der Waals surface area contributed by atoms with Gasteiger partial charge < -0.3 is 9.64 Å². The molecule has 30 heavy (non-hydrogen) atoms. The molecule has 2 saturated carbocycles. The van der Waals surface area contributed by atoms with E-state index in [0.717, 1.165) is 54.0 Å². The molecule has 3 aromatic rings. The number of anilines is 1. The Morgan fingerprint density at radius 3 is 2.40 bits per heavy atom. The van der Waals surface area contributed by atoms with E-state index < -0.39 is 0 Å². The highest BCUT2D eigenvalue weighted by molar-refractivity contribution is 5.82. The number of aromatic nitrogens is 3. The fraction of sp³-hybridized carbons (Fsp3) is 0.520. The monoisotopic (exact) mass is 404 g/mol. The molecule has 2 aliphatic carbocycles. The lowest BCUT2D eigenvalue weighted by Crippen LogP contribution is -2.30. The molecule has 1 aromatic carbocycles. The van der Waals surface area contributed by atoms with Crippen LogP contribution in [0.2, 0.25) is 0 Å². The molecular formula is C25H32N4O. The summed E-state index contributed by atoms with van der Waals surface area (Å²) in [7, 11) is 1.74. The predicted molar refractivity (Wildman–Crippen MR) is 121 cm³/mol. The van der Waals surface area contributed by atoms with Crippen LogP contribution in [0.5, 0.6) is 5.75 Å². The third-order valence-electron chi connectivity index (χ3n) is 6.47. The second-order valence-electron chi connectivity index (χ2n) is 9.16. The molecule has 2 fully saturated rings. The highest BCUT2D eigenvalue weighted by Gasteiger charge is 2.32.